The Morgan fingerprint density at radius 2 is 2.03 bits per heavy atom. The largest absolute Gasteiger partial charge is 0.349 e. The summed E-state index contributed by atoms with van der Waals surface area (Å²) in [5.74, 6) is 0.701. The smallest absolute Gasteiger partial charge is 0.137 e. The number of aromatic nitrogens is 4. The van der Waals surface area contributed by atoms with Crippen molar-refractivity contribution in [2.75, 3.05) is 13.6 Å². The summed E-state index contributed by atoms with van der Waals surface area (Å²) < 4.78 is 17.2. The van der Waals surface area contributed by atoms with Crippen molar-refractivity contribution in [1.29, 1.82) is 0 Å². The molecule has 0 spiro atoms. The zero-order valence-electron chi connectivity index (χ0n) is 19.4. The summed E-state index contributed by atoms with van der Waals surface area (Å²) in [6.45, 7) is 8.96. The van der Waals surface area contributed by atoms with Crippen LogP contribution in [0.2, 0.25) is 0 Å². The Morgan fingerprint density at radius 3 is 2.85 bits per heavy atom. The van der Waals surface area contributed by atoms with Crippen LogP contribution in [-0.4, -0.2) is 67.1 Å². The van der Waals surface area contributed by atoms with E-state index in [-0.39, 0.29) is 17.9 Å². The van der Waals surface area contributed by atoms with Crippen molar-refractivity contribution in [2.24, 2.45) is 4.99 Å². The first kappa shape index (κ1) is 20.4. The summed E-state index contributed by atoms with van der Waals surface area (Å²) in [6.07, 6.45) is 9.55. The minimum atomic E-state index is -0.453. The monoisotopic (exact) mass is 445 g/mol. The molecule has 5 heterocycles. The predicted octanol–water partition coefficient (Wildman–Crippen LogP) is 4.00. The molecular formula is C25H28FN7. The third-order valence-corrected chi connectivity index (χ3v) is 7.04. The van der Waals surface area contributed by atoms with Gasteiger partial charge in [-0.15, -0.1) is 0 Å². The number of fused-ring (bicyclic) bond motifs is 3. The molecule has 2 unspecified atom stereocenters. The van der Waals surface area contributed by atoms with Crippen molar-refractivity contribution in [3.05, 3.63) is 53.9 Å². The molecule has 0 radical (unpaired) electrons. The van der Waals surface area contributed by atoms with E-state index in [1.54, 1.807) is 6.08 Å². The molecule has 0 fully saturated rings. The van der Waals surface area contributed by atoms with Crippen LogP contribution in [0.25, 0.3) is 27.7 Å². The first-order valence-corrected chi connectivity index (χ1v) is 11.5. The molecular weight excluding hydrogens is 417 g/mol. The van der Waals surface area contributed by atoms with Crippen molar-refractivity contribution >= 4 is 22.4 Å². The van der Waals surface area contributed by atoms with E-state index in [0.717, 1.165) is 58.8 Å². The minimum absolute atomic E-state index is 0.107. The van der Waals surface area contributed by atoms with Gasteiger partial charge in [-0.2, -0.15) is 5.10 Å². The summed E-state index contributed by atoms with van der Waals surface area (Å²) in [7, 11) is 2.13. The molecule has 8 heteroatoms. The van der Waals surface area contributed by atoms with Gasteiger partial charge in [0, 0.05) is 53.6 Å². The number of pyridine rings is 1. The van der Waals surface area contributed by atoms with E-state index in [0.29, 0.717) is 0 Å². The van der Waals surface area contributed by atoms with E-state index < -0.39 is 6.04 Å². The van der Waals surface area contributed by atoms with Crippen molar-refractivity contribution in [3.63, 3.8) is 0 Å². The Morgan fingerprint density at radius 1 is 1.18 bits per heavy atom. The quantitative estimate of drug-likeness (QED) is 0.662. The highest BCUT2D eigenvalue weighted by atomic mass is 19.1. The topological polar surface area (TPSA) is 65.3 Å². The van der Waals surface area contributed by atoms with Gasteiger partial charge in [0.05, 0.1) is 30.3 Å². The van der Waals surface area contributed by atoms with E-state index >= 15 is 4.39 Å². The number of hydrogen-bond donors (Lipinski definition) is 1. The summed E-state index contributed by atoms with van der Waals surface area (Å²) >= 11 is 0. The van der Waals surface area contributed by atoms with Gasteiger partial charge >= 0.3 is 0 Å². The zero-order chi connectivity index (χ0) is 22.9. The Kier molecular flexibility index (Phi) is 4.55. The maximum Gasteiger partial charge on any atom is 0.137 e. The fraction of sp³-hybridized carbons (Fsp3) is 0.400. The summed E-state index contributed by atoms with van der Waals surface area (Å²) in [4.78, 5) is 17.0. The van der Waals surface area contributed by atoms with Crippen molar-refractivity contribution in [3.8, 4) is 11.1 Å². The molecule has 170 valence electrons. The Bertz CT molecular complexity index is 1340. The number of H-pyrrole nitrogens is 1. The number of aliphatic imine (C=N–C) groups is 1. The molecule has 1 aliphatic carbocycles. The van der Waals surface area contributed by atoms with E-state index in [2.05, 4.69) is 67.6 Å². The zero-order valence-corrected chi connectivity index (χ0v) is 19.4. The molecule has 0 saturated heterocycles. The highest BCUT2D eigenvalue weighted by Gasteiger charge is 2.39. The second-order valence-electron chi connectivity index (χ2n) is 9.55. The van der Waals surface area contributed by atoms with Crippen LogP contribution in [-0.2, 0) is 13.1 Å². The van der Waals surface area contributed by atoms with Crippen LogP contribution in [0.15, 0.2) is 47.6 Å². The molecule has 2 atom stereocenters. The number of likely N-dealkylation sites (N-methyl/N-ethyl adjacent to an activating group) is 1. The maximum absolute atomic E-state index is 15.2. The second-order valence-corrected chi connectivity index (χ2v) is 9.55. The number of nitrogens with zero attached hydrogens (tertiary/aromatic N) is 6. The lowest BCUT2D eigenvalue weighted by molar-refractivity contribution is 0.259. The van der Waals surface area contributed by atoms with E-state index in [1.165, 1.54) is 5.69 Å². The van der Waals surface area contributed by atoms with Gasteiger partial charge in [0.15, 0.2) is 0 Å². The third-order valence-electron chi connectivity index (χ3n) is 7.04. The van der Waals surface area contributed by atoms with Gasteiger partial charge in [0.2, 0.25) is 0 Å². The van der Waals surface area contributed by atoms with Crippen LogP contribution in [0.5, 0.6) is 0 Å². The summed E-state index contributed by atoms with van der Waals surface area (Å²) in [6, 6.07) is 1.83. The summed E-state index contributed by atoms with van der Waals surface area (Å²) in [5, 5.41) is 5.57. The number of halogens is 1. The third kappa shape index (κ3) is 3.15. The molecule has 3 aliphatic rings. The maximum atomic E-state index is 15.2. The first-order valence-electron chi connectivity index (χ1n) is 11.5. The summed E-state index contributed by atoms with van der Waals surface area (Å²) in [5.41, 5.74) is 5.96. The van der Waals surface area contributed by atoms with E-state index in [4.69, 9.17) is 0 Å². The molecule has 0 amide bonds. The van der Waals surface area contributed by atoms with Crippen molar-refractivity contribution in [2.45, 2.75) is 52.0 Å². The number of allylic oxidation sites excluding steroid dienone is 2. The van der Waals surface area contributed by atoms with Crippen LogP contribution in [0.1, 0.15) is 32.0 Å². The molecule has 2 aliphatic heterocycles. The molecule has 1 N–H and O–H groups in total. The van der Waals surface area contributed by atoms with Gasteiger partial charge in [0.25, 0.3) is 0 Å². The van der Waals surface area contributed by atoms with Gasteiger partial charge in [-0.05, 0) is 45.5 Å². The first-order chi connectivity index (χ1) is 15.9. The van der Waals surface area contributed by atoms with Gasteiger partial charge in [0.1, 0.15) is 17.5 Å². The molecule has 0 bridgehead atoms. The van der Waals surface area contributed by atoms with Crippen LogP contribution < -0.4 is 0 Å². The number of hydrogen-bond acceptors (Lipinski definition) is 5. The lowest BCUT2D eigenvalue weighted by Crippen LogP contribution is -2.43. The molecule has 3 aromatic rings. The number of aromatic amines is 1. The number of rotatable bonds is 3. The fourth-order valence-corrected chi connectivity index (χ4v) is 5.46. The highest BCUT2D eigenvalue weighted by Crippen LogP contribution is 2.38. The number of amidine groups is 1. The van der Waals surface area contributed by atoms with E-state index in [9.17, 15) is 0 Å². The van der Waals surface area contributed by atoms with Gasteiger partial charge in [-0.25, -0.2) is 9.37 Å². The van der Waals surface area contributed by atoms with Gasteiger partial charge in [-0.1, -0.05) is 6.08 Å². The lowest BCUT2D eigenvalue weighted by Gasteiger charge is -2.32. The highest BCUT2D eigenvalue weighted by molar-refractivity contribution is 5.96. The van der Waals surface area contributed by atoms with Gasteiger partial charge < -0.3 is 9.88 Å². The van der Waals surface area contributed by atoms with Crippen molar-refractivity contribution in [1.82, 2.24) is 29.5 Å². The average Bonchev–Trinajstić information content (AvgIpc) is 3.47. The lowest BCUT2D eigenvalue weighted by atomic mass is 9.92. The molecule has 3 aromatic heterocycles. The molecule has 6 rings (SSSR count). The Labute approximate surface area is 192 Å². The molecule has 0 aromatic carbocycles. The van der Waals surface area contributed by atoms with E-state index in [1.807, 2.05) is 25.5 Å². The van der Waals surface area contributed by atoms with Crippen molar-refractivity contribution < 1.29 is 4.39 Å². The standard InChI is InChI=1S/C25H28FN7/c1-14(2)33-15(3)30-24-21(26)8-16(9-22(24)33)19-11-28-25-18(19)7-17(10-27-25)20-12-29-32-6-5-31(4)13-23(20)32/h7-12,14,22,24H,5-6,13H2,1-4H3,(H,27,28). The average molecular weight is 446 g/mol. The molecule has 7 nitrogen and oxygen atoms in total. The van der Waals surface area contributed by atoms with Crippen LogP contribution in [0.3, 0.4) is 0 Å². The Balaban J connectivity index is 1.43. The fourth-order valence-electron chi connectivity index (χ4n) is 5.46. The minimum Gasteiger partial charge on any atom is -0.349 e. The van der Waals surface area contributed by atoms with Crippen LogP contribution >= 0.6 is 0 Å². The predicted molar refractivity (Wildman–Crippen MR) is 128 cm³/mol. The number of nitrogens with one attached hydrogen (secondary N) is 1. The Hall–Kier alpha value is -3.26. The van der Waals surface area contributed by atoms with Crippen LogP contribution in [0, 0.1) is 0 Å². The second kappa shape index (κ2) is 7.38. The molecule has 0 saturated carbocycles. The SMILES string of the molecule is CC1=NC2C(F)=CC(c3c[nH]c4ncc(-c5cnn6c5CN(C)CC6)cc34)=CC2N1C(C)C. The van der Waals surface area contributed by atoms with Gasteiger partial charge in [-0.3, -0.25) is 14.6 Å². The van der Waals surface area contributed by atoms with Crippen LogP contribution in [0.4, 0.5) is 4.39 Å². The molecule has 33 heavy (non-hydrogen) atoms. The normalized spacial score (nSPS) is 23.0.